The van der Waals surface area contributed by atoms with Gasteiger partial charge in [-0.25, -0.2) is 4.98 Å². The van der Waals surface area contributed by atoms with Gasteiger partial charge in [-0.15, -0.1) is 0 Å². The number of ether oxygens (including phenoxy) is 1. The lowest BCUT2D eigenvalue weighted by molar-refractivity contribution is 0.415. The van der Waals surface area contributed by atoms with E-state index in [-0.39, 0.29) is 0 Å². The van der Waals surface area contributed by atoms with Crippen LogP contribution in [-0.2, 0) is 6.54 Å². The molecule has 3 aromatic carbocycles. The lowest BCUT2D eigenvalue weighted by Crippen LogP contribution is -2.04. The number of methoxy groups -OCH3 is 1. The molecule has 5 heteroatoms. The summed E-state index contributed by atoms with van der Waals surface area (Å²) in [6, 6.07) is 22.1. The standard InChI is InChI=1S/C28H26Cl2N2O/c1-19(2)17-32-18-27(25-14-11-23(29)16-26(25)30)31-28(32)15-6-20-4-7-21(8-5-20)22-9-12-24(33-3)13-10-22/h4-16,18-19H,17H2,1-3H3/b15-6+. The van der Waals surface area contributed by atoms with Crippen LogP contribution < -0.4 is 4.74 Å². The molecule has 0 radical (unpaired) electrons. The summed E-state index contributed by atoms with van der Waals surface area (Å²) in [6.45, 7) is 5.26. The number of rotatable bonds is 7. The van der Waals surface area contributed by atoms with Crippen molar-refractivity contribution in [1.82, 2.24) is 9.55 Å². The minimum absolute atomic E-state index is 0.490. The molecule has 0 saturated carbocycles. The van der Waals surface area contributed by atoms with Crippen molar-refractivity contribution in [2.75, 3.05) is 7.11 Å². The van der Waals surface area contributed by atoms with Crippen LogP contribution in [0.3, 0.4) is 0 Å². The molecule has 0 aliphatic carbocycles. The third-order valence-electron chi connectivity index (χ3n) is 5.34. The topological polar surface area (TPSA) is 27.1 Å². The van der Waals surface area contributed by atoms with E-state index in [1.165, 1.54) is 0 Å². The van der Waals surface area contributed by atoms with E-state index in [2.05, 4.69) is 73.2 Å². The zero-order valence-corrected chi connectivity index (χ0v) is 20.4. The predicted molar refractivity (Wildman–Crippen MR) is 140 cm³/mol. The highest BCUT2D eigenvalue weighted by Crippen LogP contribution is 2.30. The van der Waals surface area contributed by atoms with Gasteiger partial charge >= 0.3 is 0 Å². The average molecular weight is 477 g/mol. The minimum Gasteiger partial charge on any atom is -0.497 e. The first-order chi connectivity index (χ1) is 15.9. The summed E-state index contributed by atoms with van der Waals surface area (Å²) >= 11 is 12.5. The Morgan fingerprint density at radius 1 is 0.909 bits per heavy atom. The van der Waals surface area contributed by atoms with Crippen molar-refractivity contribution in [1.29, 1.82) is 0 Å². The Hall–Kier alpha value is -3.01. The number of hydrogen-bond acceptors (Lipinski definition) is 2. The van der Waals surface area contributed by atoms with E-state index in [4.69, 9.17) is 32.9 Å². The van der Waals surface area contributed by atoms with Crippen molar-refractivity contribution in [3.8, 4) is 28.1 Å². The Labute approximate surface area is 205 Å². The summed E-state index contributed by atoms with van der Waals surface area (Å²) in [7, 11) is 1.68. The molecular weight excluding hydrogens is 451 g/mol. The second-order valence-electron chi connectivity index (χ2n) is 8.34. The highest BCUT2D eigenvalue weighted by Gasteiger charge is 2.12. The van der Waals surface area contributed by atoms with Gasteiger partial charge in [0.15, 0.2) is 0 Å². The second-order valence-corrected chi connectivity index (χ2v) is 9.18. The molecule has 0 aliphatic rings. The molecule has 33 heavy (non-hydrogen) atoms. The average Bonchev–Trinajstić information content (AvgIpc) is 3.19. The fourth-order valence-electron chi connectivity index (χ4n) is 3.67. The fraction of sp³-hybridized carbons (Fsp3) is 0.179. The SMILES string of the molecule is COc1ccc(-c2ccc(/C=C/c3nc(-c4ccc(Cl)cc4Cl)cn3CC(C)C)cc2)cc1. The van der Waals surface area contributed by atoms with Gasteiger partial charge in [0.1, 0.15) is 11.6 Å². The van der Waals surface area contributed by atoms with Gasteiger partial charge in [-0.3, -0.25) is 0 Å². The van der Waals surface area contributed by atoms with Crippen molar-refractivity contribution >= 4 is 35.4 Å². The molecule has 0 N–H and O–H groups in total. The van der Waals surface area contributed by atoms with Crippen molar-refractivity contribution in [2.45, 2.75) is 20.4 Å². The van der Waals surface area contributed by atoms with E-state index in [1.54, 1.807) is 13.2 Å². The quantitative estimate of drug-likeness (QED) is 0.267. The van der Waals surface area contributed by atoms with E-state index >= 15 is 0 Å². The summed E-state index contributed by atoms with van der Waals surface area (Å²) in [5, 5.41) is 1.21. The van der Waals surface area contributed by atoms with Crippen molar-refractivity contribution in [3.63, 3.8) is 0 Å². The van der Waals surface area contributed by atoms with Crippen molar-refractivity contribution in [2.24, 2.45) is 5.92 Å². The lowest BCUT2D eigenvalue weighted by atomic mass is 10.0. The second kappa shape index (κ2) is 10.3. The molecule has 1 aromatic heterocycles. The number of benzene rings is 3. The van der Waals surface area contributed by atoms with E-state index < -0.39 is 0 Å². The van der Waals surface area contributed by atoms with Gasteiger partial charge in [0.05, 0.1) is 17.8 Å². The summed E-state index contributed by atoms with van der Waals surface area (Å²) in [5.41, 5.74) is 5.14. The monoisotopic (exact) mass is 476 g/mol. The van der Waals surface area contributed by atoms with Crippen LogP contribution >= 0.6 is 23.2 Å². The smallest absolute Gasteiger partial charge is 0.133 e. The highest BCUT2D eigenvalue weighted by atomic mass is 35.5. The lowest BCUT2D eigenvalue weighted by Gasteiger charge is -2.08. The first-order valence-electron chi connectivity index (χ1n) is 10.9. The van der Waals surface area contributed by atoms with Gasteiger partial charge in [0.2, 0.25) is 0 Å². The largest absolute Gasteiger partial charge is 0.497 e. The Balaban J connectivity index is 1.59. The van der Waals surface area contributed by atoms with Gasteiger partial charge in [-0.2, -0.15) is 0 Å². The number of hydrogen-bond donors (Lipinski definition) is 0. The maximum atomic E-state index is 6.43. The minimum atomic E-state index is 0.490. The molecule has 3 nitrogen and oxygen atoms in total. The van der Waals surface area contributed by atoms with Gasteiger partial charge in [0.25, 0.3) is 0 Å². The Morgan fingerprint density at radius 2 is 1.58 bits per heavy atom. The number of aromatic nitrogens is 2. The van der Waals surface area contributed by atoms with E-state index in [0.29, 0.717) is 16.0 Å². The predicted octanol–water partition coefficient (Wildman–Crippen LogP) is 8.36. The Morgan fingerprint density at radius 3 is 2.18 bits per heavy atom. The van der Waals surface area contributed by atoms with E-state index in [0.717, 1.165) is 46.1 Å². The van der Waals surface area contributed by atoms with Crippen molar-refractivity contribution < 1.29 is 4.74 Å². The summed E-state index contributed by atoms with van der Waals surface area (Å²) in [5.74, 6) is 2.24. The molecule has 0 amide bonds. The molecule has 4 aromatic rings. The van der Waals surface area contributed by atoms with Gasteiger partial charge in [0, 0.05) is 23.3 Å². The first-order valence-corrected chi connectivity index (χ1v) is 11.6. The molecule has 0 atom stereocenters. The number of imidazole rings is 1. The first kappa shape index (κ1) is 23.2. The zero-order chi connectivity index (χ0) is 23.4. The highest BCUT2D eigenvalue weighted by molar-refractivity contribution is 6.36. The maximum absolute atomic E-state index is 6.43. The van der Waals surface area contributed by atoms with Crippen molar-refractivity contribution in [3.05, 3.63) is 94.4 Å². The van der Waals surface area contributed by atoms with Crippen LogP contribution in [0.2, 0.25) is 10.0 Å². The molecule has 0 bridgehead atoms. The van der Waals surface area contributed by atoms with Crippen LogP contribution in [0.1, 0.15) is 25.2 Å². The van der Waals surface area contributed by atoms with Gasteiger partial charge in [-0.1, -0.05) is 79.5 Å². The molecule has 4 rings (SSSR count). The van der Waals surface area contributed by atoms with Gasteiger partial charge < -0.3 is 9.30 Å². The molecule has 0 unspecified atom stereocenters. The summed E-state index contributed by atoms with van der Waals surface area (Å²) in [4.78, 5) is 4.86. The normalized spacial score (nSPS) is 11.5. The Bertz CT molecular complexity index is 1260. The van der Waals surface area contributed by atoms with E-state index in [1.807, 2.05) is 24.3 Å². The third-order valence-corrected chi connectivity index (χ3v) is 5.88. The number of nitrogens with zero attached hydrogens (tertiary/aromatic N) is 2. The molecule has 0 saturated heterocycles. The third kappa shape index (κ3) is 5.68. The van der Waals surface area contributed by atoms with Crippen LogP contribution in [0.5, 0.6) is 5.75 Å². The zero-order valence-electron chi connectivity index (χ0n) is 18.9. The van der Waals surface area contributed by atoms with Crippen LogP contribution in [0.25, 0.3) is 34.5 Å². The van der Waals surface area contributed by atoms with E-state index in [9.17, 15) is 0 Å². The molecule has 0 spiro atoms. The molecule has 0 fully saturated rings. The van der Waals surface area contributed by atoms with Gasteiger partial charge in [-0.05, 0) is 59.0 Å². The molecular formula is C28H26Cl2N2O. The van der Waals surface area contributed by atoms with Crippen LogP contribution in [-0.4, -0.2) is 16.7 Å². The van der Waals surface area contributed by atoms with Crippen LogP contribution in [0, 0.1) is 5.92 Å². The van der Waals surface area contributed by atoms with Crippen LogP contribution in [0.4, 0.5) is 0 Å². The molecule has 0 aliphatic heterocycles. The summed E-state index contributed by atoms with van der Waals surface area (Å²) < 4.78 is 7.42. The summed E-state index contributed by atoms with van der Waals surface area (Å²) in [6.07, 6.45) is 6.20. The molecule has 1 heterocycles. The number of halogens is 2. The van der Waals surface area contributed by atoms with Crippen LogP contribution in [0.15, 0.2) is 72.9 Å². The fourth-order valence-corrected chi connectivity index (χ4v) is 4.18. The molecule has 168 valence electrons. The Kier molecular flexibility index (Phi) is 7.22. The maximum Gasteiger partial charge on any atom is 0.133 e.